The number of aromatic nitrogens is 4. The number of methoxy groups -OCH3 is 2. The SMILES string of the molecule is COC(=O)NC(CCSC)C(=O)N1CC(=C(F)F)CC1c1nc2ccc(-c3cc4ccc3CCc3ccc(c(-c5ccc6nc(C7CC(=C(F)F)CN7C(=O)C(CCSC)NC(=O)OC)[nH]c6c5)c3)CC4C)cc2[nH]1. The van der Waals surface area contributed by atoms with E-state index in [9.17, 15) is 36.7 Å². The maximum atomic E-state index is 14.2. The van der Waals surface area contributed by atoms with Gasteiger partial charge in [-0.25, -0.2) is 19.6 Å². The number of ether oxygens (including phenoxy) is 2. The summed E-state index contributed by atoms with van der Waals surface area (Å²) in [5.41, 5.74) is 10.9. The number of halogens is 4. The number of alkyl carbamates (subject to hydrolysis) is 2. The molecule has 14 nitrogen and oxygen atoms in total. The summed E-state index contributed by atoms with van der Waals surface area (Å²) in [6, 6.07) is 21.5. The van der Waals surface area contributed by atoms with Crippen LogP contribution in [-0.2, 0) is 38.3 Å². The summed E-state index contributed by atoms with van der Waals surface area (Å²) < 4.78 is 66.3. The average molecular weight is 1070 g/mol. The number of aromatic amines is 2. The fourth-order valence-electron chi connectivity index (χ4n) is 10.5. The number of fused-ring (bicyclic) bond motifs is 2. The first-order chi connectivity index (χ1) is 36.2. The zero-order chi connectivity index (χ0) is 53.1. The Labute approximate surface area is 439 Å². The number of imidazole rings is 2. The molecule has 12 rings (SSSR count). The molecule has 4 N–H and O–H groups in total. The summed E-state index contributed by atoms with van der Waals surface area (Å²) in [6.07, 6.45) is 1.04. The molecule has 5 unspecified atom stereocenters. The van der Waals surface area contributed by atoms with E-state index in [1.165, 1.54) is 47.5 Å². The molecule has 0 saturated carbocycles. The van der Waals surface area contributed by atoms with Crippen LogP contribution in [0.5, 0.6) is 0 Å². The second kappa shape index (κ2) is 23.0. The van der Waals surface area contributed by atoms with Crippen molar-refractivity contribution in [1.29, 1.82) is 0 Å². The molecule has 6 aliphatic rings. The number of thioether (sulfide) groups is 2. The molecule has 4 aliphatic carbocycles. The van der Waals surface area contributed by atoms with Crippen LogP contribution in [0.4, 0.5) is 27.2 Å². The maximum Gasteiger partial charge on any atom is 0.407 e. The van der Waals surface area contributed by atoms with Crippen LogP contribution >= 0.6 is 23.5 Å². The molecule has 4 bridgehead atoms. The standard InChI is InChI=1S/C55H58F4N8O6S2/c1-29-20-33-9-7-30(21-38(33)34-12-14-40-44(23-34)62-50(60-40)46-25-36(48(56)57)27-66(46)52(68)42(16-18-74-4)64-54(70)72-2)6-8-31-10-11-32(29)22-39(31)35-13-15-41-45(24-35)63-51(61-41)47-26-37(49(58)59)28-67(47)53(69)43(17-19-75-5)65-55(71)73-3/h7,9-15,21-24,29,42-43,46-47H,6,8,16-20,25-28H2,1-5H3,(H,60,62)(H,61,63)(H,64,70)(H,65,71). The molecule has 5 atom stereocenters. The van der Waals surface area contributed by atoms with Crippen LogP contribution in [0.15, 0.2) is 96.1 Å². The fraction of sp³-hybridized carbons (Fsp3) is 0.382. The molecule has 6 aromatic rings. The quantitative estimate of drug-likeness (QED) is 0.0769. The molecule has 0 radical (unpaired) electrons. The van der Waals surface area contributed by atoms with Crippen LogP contribution in [0, 0.1) is 0 Å². The predicted molar refractivity (Wildman–Crippen MR) is 284 cm³/mol. The van der Waals surface area contributed by atoms with Gasteiger partial charge in [-0.2, -0.15) is 41.1 Å². The van der Waals surface area contributed by atoms with Gasteiger partial charge in [0, 0.05) is 37.1 Å². The van der Waals surface area contributed by atoms with E-state index in [1.54, 1.807) is 0 Å². The number of nitrogens with zero attached hydrogens (tertiary/aromatic N) is 4. The summed E-state index contributed by atoms with van der Waals surface area (Å²) in [5, 5.41) is 5.18. The highest BCUT2D eigenvalue weighted by Crippen LogP contribution is 2.41. The molecule has 0 spiro atoms. The van der Waals surface area contributed by atoms with E-state index in [-0.39, 0.29) is 55.8 Å². The van der Waals surface area contributed by atoms with Crippen LogP contribution in [0.25, 0.3) is 44.3 Å². The lowest BCUT2D eigenvalue weighted by molar-refractivity contribution is -0.135. The number of benzene rings is 4. The lowest BCUT2D eigenvalue weighted by Crippen LogP contribution is -2.48. The number of hydrogen-bond acceptors (Lipinski definition) is 10. The third kappa shape index (κ3) is 11.4. The highest BCUT2D eigenvalue weighted by Gasteiger charge is 2.41. The second-order valence-electron chi connectivity index (χ2n) is 19.3. The molecule has 394 valence electrons. The number of carbonyl (C=O) groups is 4. The largest absolute Gasteiger partial charge is 0.453 e. The molecule has 75 heavy (non-hydrogen) atoms. The van der Waals surface area contributed by atoms with Crippen molar-refractivity contribution in [1.82, 2.24) is 40.4 Å². The van der Waals surface area contributed by atoms with Gasteiger partial charge in [0.05, 0.1) is 48.4 Å². The number of hydrogen-bond donors (Lipinski definition) is 4. The topological polar surface area (TPSA) is 175 Å². The number of amides is 4. The Hall–Kier alpha value is -6.80. The number of carbonyl (C=O) groups excluding carboxylic acids is 4. The summed E-state index contributed by atoms with van der Waals surface area (Å²) in [5.74, 6) is 0.955. The van der Waals surface area contributed by atoms with Gasteiger partial charge < -0.3 is 39.9 Å². The van der Waals surface area contributed by atoms with Crippen molar-refractivity contribution in [3.8, 4) is 22.3 Å². The molecule has 4 amide bonds. The number of nitrogens with one attached hydrogen (secondary N) is 4. The number of likely N-dealkylation sites (tertiary alicyclic amines) is 2. The lowest BCUT2D eigenvalue weighted by Gasteiger charge is -2.27. The smallest absolute Gasteiger partial charge is 0.407 e. The van der Waals surface area contributed by atoms with E-state index >= 15 is 0 Å². The Morgan fingerprint density at radius 2 is 1.15 bits per heavy atom. The van der Waals surface area contributed by atoms with E-state index in [0.29, 0.717) is 51.6 Å². The summed E-state index contributed by atoms with van der Waals surface area (Å²) in [7, 11) is 2.41. The predicted octanol–water partition coefficient (Wildman–Crippen LogP) is 11.0. The first-order valence-electron chi connectivity index (χ1n) is 24.7. The molecule has 20 heteroatoms. The minimum atomic E-state index is -1.84. The zero-order valence-corrected chi connectivity index (χ0v) is 43.8. The molecule has 2 saturated heterocycles. The Kier molecular flexibility index (Phi) is 16.3. The summed E-state index contributed by atoms with van der Waals surface area (Å²) in [6.45, 7) is 1.62. The van der Waals surface area contributed by atoms with Crippen molar-refractivity contribution in [2.45, 2.75) is 82.0 Å². The van der Waals surface area contributed by atoms with Gasteiger partial charge in [-0.05, 0) is 131 Å². The van der Waals surface area contributed by atoms with Gasteiger partial charge in [-0.1, -0.05) is 55.5 Å². The lowest BCUT2D eigenvalue weighted by atomic mass is 9.84. The van der Waals surface area contributed by atoms with Gasteiger partial charge in [-0.15, -0.1) is 0 Å². The third-order valence-corrected chi connectivity index (χ3v) is 15.9. The molecule has 2 fully saturated rings. The molecular weight excluding hydrogens is 1010 g/mol. The monoisotopic (exact) mass is 1070 g/mol. The Bertz CT molecular complexity index is 3230. The van der Waals surface area contributed by atoms with Crippen molar-refractivity contribution in [2.24, 2.45) is 0 Å². The maximum absolute atomic E-state index is 14.2. The summed E-state index contributed by atoms with van der Waals surface area (Å²) >= 11 is 3.00. The van der Waals surface area contributed by atoms with E-state index < -0.39 is 60.3 Å². The number of rotatable bonds is 14. The van der Waals surface area contributed by atoms with Crippen molar-refractivity contribution in [3.05, 3.63) is 130 Å². The van der Waals surface area contributed by atoms with Gasteiger partial charge in [0.2, 0.25) is 11.8 Å². The Balaban J connectivity index is 0.978. The average Bonchev–Trinajstić information content (AvgIpc) is 4.25. The first-order valence-corrected chi connectivity index (χ1v) is 27.5. The van der Waals surface area contributed by atoms with Crippen molar-refractivity contribution in [2.75, 3.05) is 51.3 Å². The minimum Gasteiger partial charge on any atom is -0.453 e. The first kappa shape index (κ1) is 53.0. The van der Waals surface area contributed by atoms with E-state index in [1.807, 2.05) is 48.9 Å². The van der Waals surface area contributed by atoms with Gasteiger partial charge in [0.25, 0.3) is 12.2 Å². The van der Waals surface area contributed by atoms with E-state index in [2.05, 4.69) is 63.9 Å². The molecule has 2 aliphatic heterocycles. The fourth-order valence-corrected chi connectivity index (χ4v) is 11.5. The van der Waals surface area contributed by atoms with Crippen molar-refractivity contribution >= 4 is 69.6 Å². The van der Waals surface area contributed by atoms with Gasteiger partial charge >= 0.3 is 12.2 Å². The summed E-state index contributed by atoms with van der Waals surface area (Å²) in [4.78, 5) is 71.6. The Morgan fingerprint density at radius 3 is 1.63 bits per heavy atom. The second-order valence-corrected chi connectivity index (χ2v) is 21.2. The van der Waals surface area contributed by atoms with E-state index in [0.717, 1.165) is 57.3 Å². The van der Waals surface area contributed by atoms with Crippen LogP contribution < -0.4 is 10.6 Å². The molecular formula is C55H58F4N8O6S2. The number of aryl methyl sites for hydroxylation is 2. The number of H-pyrrole nitrogens is 2. The van der Waals surface area contributed by atoms with Crippen molar-refractivity contribution in [3.63, 3.8) is 0 Å². The van der Waals surface area contributed by atoms with Crippen LogP contribution in [0.1, 0.15) is 84.5 Å². The zero-order valence-electron chi connectivity index (χ0n) is 42.2. The molecule has 2 aromatic heterocycles. The van der Waals surface area contributed by atoms with Crippen LogP contribution in [0.2, 0.25) is 0 Å². The van der Waals surface area contributed by atoms with Crippen LogP contribution in [-0.4, -0.2) is 117 Å². The van der Waals surface area contributed by atoms with Crippen LogP contribution in [0.3, 0.4) is 0 Å². The molecule has 4 heterocycles. The Morgan fingerprint density at radius 1 is 0.653 bits per heavy atom. The van der Waals surface area contributed by atoms with Crippen molar-refractivity contribution < 1.29 is 46.2 Å². The van der Waals surface area contributed by atoms with Gasteiger partial charge in [0.15, 0.2) is 0 Å². The molecule has 4 aromatic carbocycles. The van der Waals surface area contributed by atoms with E-state index in [4.69, 9.17) is 19.4 Å². The minimum absolute atomic E-state index is 0.0849. The third-order valence-electron chi connectivity index (χ3n) is 14.6. The highest BCUT2D eigenvalue weighted by molar-refractivity contribution is 7.98. The normalized spacial score (nSPS) is 18.3. The van der Waals surface area contributed by atoms with Gasteiger partial charge in [0.1, 0.15) is 23.7 Å². The highest BCUT2D eigenvalue weighted by atomic mass is 32.2. The van der Waals surface area contributed by atoms with Gasteiger partial charge in [-0.3, -0.25) is 9.59 Å².